The second-order valence-corrected chi connectivity index (χ2v) is 15.7. The molecule has 0 aromatic heterocycles. The van der Waals surface area contributed by atoms with E-state index < -0.39 is 34.1 Å². The molecule has 4 aromatic rings. The lowest BCUT2D eigenvalue weighted by Crippen LogP contribution is -2.56. The van der Waals surface area contributed by atoms with Crippen LogP contribution in [0.2, 0.25) is 5.02 Å². The van der Waals surface area contributed by atoms with E-state index in [9.17, 15) is 18.0 Å². The van der Waals surface area contributed by atoms with Gasteiger partial charge in [0.1, 0.15) is 18.3 Å². The highest BCUT2D eigenvalue weighted by Crippen LogP contribution is 2.37. The first-order chi connectivity index (χ1) is 23.7. The van der Waals surface area contributed by atoms with E-state index in [1.807, 2.05) is 75.4 Å². The zero-order valence-corrected chi connectivity index (χ0v) is 31.9. The molecule has 0 aliphatic heterocycles. The number of halogens is 2. The van der Waals surface area contributed by atoms with Crippen LogP contribution in [0.1, 0.15) is 31.9 Å². The van der Waals surface area contributed by atoms with E-state index in [0.717, 1.165) is 19.9 Å². The van der Waals surface area contributed by atoms with Crippen molar-refractivity contribution in [2.24, 2.45) is 0 Å². The predicted molar refractivity (Wildman–Crippen MR) is 199 cm³/mol. The minimum atomic E-state index is -4.50. The van der Waals surface area contributed by atoms with Crippen molar-refractivity contribution in [2.75, 3.05) is 32.2 Å². The van der Waals surface area contributed by atoms with Gasteiger partial charge in [-0.05, 0) is 74.4 Å². The molecule has 0 saturated heterocycles. The van der Waals surface area contributed by atoms with Crippen molar-refractivity contribution in [2.45, 2.75) is 50.2 Å². The fourth-order valence-corrected chi connectivity index (χ4v) is 7.36. The Hall–Kier alpha value is -4.26. The Kier molecular flexibility index (Phi) is 12.8. The fraction of sp³-hybridized carbons (Fsp3) is 0.297. The number of ether oxygens (including phenoxy) is 3. The van der Waals surface area contributed by atoms with Gasteiger partial charge in [0.2, 0.25) is 11.8 Å². The molecule has 1 atom stereocenters. The Labute approximate surface area is 307 Å². The van der Waals surface area contributed by atoms with Crippen LogP contribution in [-0.4, -0.2) is 64.6 Å². The average Bonchev–Trinajstić information content (AvgIpc) is 3.07. The van der Waals surface area contributed by atoms with Crippen LogP contribution < -0.4 is 23.8 Å². The molecule has 10 nitrogen and oxygen atoms in total. The largest absolute Gasteiger partial charge is 0.495 e. The summed E-state index contributed by atoms with van der Waals surface area (Å²) in [7, 11) is -0.275. The Bertz CT molecular complexity index is 1920. The second-order valence-electron chi connectivity index (χ2n) is 12.4. The van der Waals surface area contributed by atoms with E-state index in [1.165, 1.54) is 56.6 Å². The molecule has 0 aliphatic rings. The van der Waals surface area contributed by atoms with Gasteiger partial charge in [-0.2, -0.15) is 0 Å². The first-order valence-electron chi connectivity index (χ1n) is 15.6. The summed E-state index contributed by atoms with van der Waals surface area (Å²) in [5.41, 5.74) is 0.959. The van der Waals surface area contributed by atoms with E-state index in [1.54, 1.807) is 6.07 Å². The minimum absolute atomic E-state index is 0.00423. The maximum Gasteiger partial charge on any atom is 0.265 e. The maximum atomic E-state index is 14.8. The van der Waals surface area contributed by atoms with E-state index in [4.69, 9.17) is 25.8 Å². The lowest BCUT2D eigenvalue weighted by atomic mass is 10.0. The number of rotatable bonds is 14. The van der Waals surface area contributed by atoms with Gasteiger partial charge in [0.15, 0.2) is 11.5 Å². The number of nitrogens with one attached hydrogen (secondary N) is 1. The van der Waals surface area contributed by atoms with Crippen LogP contribution in [0.4, 0.5) is 5.69 Å². The fourth-order valence-electron chi connectivity index (χ4n) is 5.31. The van der Waals surface area contributed by atoms with Crippen LogP contribution in [-0.2, 0) is 32.6 Å². The molecule has 4 rings (SSSR count). The van der Waals surface area contributed by atoms with Crippen molar-refractivity contribution in [3.05, 3.63) is 112 Å². The van der Waals surface area contributed by atoms with Crippen molar-refractivity contribution >= 4 is 55.1 Å². The Balaban J connectivity index is 1.90. The van der Waals surface area contributed by atoms with Gasteiger partial charge in [-0.25, -0.2) is 8.42 Å². The van der Waals surface area contributed by atoms with Crippen LogP contribution in [0.5, 0.6) is 17.2 Å². The molecule has 266 valence electrons. The zero-order valence-electron chi connectivity index (χ0n) is 28.8. The third-order valence-electron chi connectivity index (χ3n) is 7.64. The van der Waals surface area contributed by atoms with Crippen LogP contribution in [0.15, 0.2) is 100 Å². The van der Waals surface area contributed by atoms with Crippen LogP contribution in [0.3, 0.4) is 0 Å². The Morgan fingerprint density at radius 3 is 2.08 bits per heavy atom. The number of hydrogen-bond acceptors (Lipinski definition) is 7. The predicted octanol–water partition coefficient (Wildman–Crippen LogP) is 6.88. The third-order valence-corrected chi connectivity index (χ3v) is 10.1. The van der Waals surface area contributed by atoms with E-state index in [2.05, 4.69) is 21.2 Å². The molecule has 0 aliphatic carbocycles. The number of methoxy groups -OCH3 is 3. The maximum absolute atomic E-state index is 14.8. The smallest absolute Gasteiger partial charge is 0.265 e. The summed E-state index contributed by atoms with van der Waals surface area (Å²) >= 11 is 9.90. The van der Waals surface area contributed by atoms with Crippen LogP contribution in [0, 0.1) is 0 Å². The summed E-state index contributed by atoms with van der Waals surface area (Å²) < 4.78 is 47.2. The van der Waals surface area contributed by atoms with Crippen molar-refractivity contribution in [1.82, 2.24) is 10.2 Å². The van der Waals surface area contributed by atoms with Gasteiger partial charge in [0.05, 0.1) is 31.9 Å². The molecule has 13 heteroatoms. The first-order valence-corrected chi connectivity index (χ1v) is 18.3. The number of carbonyl (C=O) groups excluding carboxylic acids is 2. The summed E-state index contributed by atoms with van der Waals surface area (Å²) in [6, 6.07) is 24.3. The molecule has 2 amide bonds. The molecular weight excluding hydrogens is 746 g/mol. The lowest BCUT2D eigenvalue weighted by molar-refractivity contribution is -0.140. The first kappa shape index (κ1) is 38.5. The quantitative estimate of drug-likeness (QED) is 0.148. The van der Waals surface area contributed by atoms with Gasteiger partial charge in [0, 0.05) is 34.1 Å². The molecule has 0 spiro atoms. The summed E-state index contributed by atoms with van der Waals surface area (Å²) in [6.45, 7) is 4.87. The molecule has 4 aromatic carbocycles. The lowest BCUT2D eigenvalue weighted by Gasteiger charge is -2.35. The number of hydrogen-bond donors (Lipinski definition) is 1. The number of anilines is 1. The highest BCUT2D eigenvalue weighted by atomic mass is 79.9. The van der Waals surface area contributed by atoms with Gasteiger partial charge in [-0.1, -0.05) is 70.0 Å². The van der Waals surface area contributed by atoms with Crippen LogP contribution in [0.25, 0.3) is 0 Å². The summed E-state index contributed by atoms with van der Waals surface area (Å²) in [6.07, 6.45) is 0.172. The molecule has 50 heavy (non-hydrogen) atoms. The zero-order chi connectivity index (χ0) is 36.6. The Morgan fingerprint density at radius 1 is 0.820 bits per heavy atom. The molecule has 1 N–H and O–H groups in total. The van der Waals surface area contributed by atoms with Gasteiger partial charge in [0.25, 0.3) is 10.0 Å². The number of carbonyl (C=O) groups is 2. The second kappa shape index (κ2) is 16.6. The standard InChI is InChI=1S/C37H41BrClN3O7S/c1-37(2,3)40-36(44)31(20-25-11-8-7-9-12-25)41(23-26-13-10-14-27(38)19-26)35(43)24-42(30-21-28(39)15-17-32(30)47-4)50(45,46)29-16-18-33(48-5)34(22-29)49-6/h7-19,21-22,31H,20,23-24H2,1-6H3,(H,40,44). The number of benzene rings is 4. The van der Waals surface area contributed by atoms with Crippen molar-refractivity contribution in [3.8, 4) is 17.2 Å². The number of nitrogens with zero attached hydrogens (tertiary/aromatic N) is 2. The highest BCUT2D eigenvalue weighted by Gasteiger charge is 2.37. The van der Waals surface area contributed by atoms with Crippen LogP contribution >= 0.6 is 27.5 Å². The van der Waals surface area contributed by atoms with E-state index in [0.29, 0.717) is 5.75 Å². The average molecular weight is 787 g/mol. The van der Waals surface area contributed by atoms with E-state index in [-0.39, 0.29) is 46.0 Å². The molecule has 1 unspecified atom stereocenters. The summed E-state index contributed by atoms with van der Waals surface area (Å²) in [4.78, 5) is 30.2. The molecule has 0 radical (unpaired) electrons. The third kappa shape index (κ3) is 9.70. The molecule has 0 saturated carbocycles. The van der Waals surface area contributed by atoms with Crippen molar-refractivity contribution in [3.63, 3.8) is 0 Å². The highest BCUT2D eigenvalue weighted by molar-refractivity contribution is 9.10. The molecule has 0 heterocycles. The topological polar surface area (TPSA) is 114 Å². The van der Waals surface area contributed by atoms with Gasteiger partial charge in [-0.3, -0.25) is 13.9 Å². The normalized spacial score (nSPS) is 12.1. The van der Waals surface area contributed by atoms with Crippen molar-refractivity contribution in [1.29, 1.82) is 0 Å². The SMILES string of the molecule is COc1ccc(S(=O)(=O)N(CC(=O)N(Cc2cccc(Br)c2)C(Cc2ccccc2)C(=O)NC(C)(C)C)c2cc(Cl)ccc2OC)cc1OC. The van der Waals surface area contributed by atoms with E-state index >= 15 is 0 Å². The van der Waals surface area contributed by atoms with Gasteiger partial charge < -0.3 is 24.4 Å². The Morgan fingerprint density at radius 2 is 1.46 bits per heavy atom. The summed E-state index contributed by atoms with van der Waals surface area (Å²) in [5, 5.41) is 3.25. The van der Waals surface area contributed by atoms with Crippen molar-refractivity contribution < 1.29 is 32.2 Å². The summed E-state index contributed by atoms with van der Waals surface area (Å²) in [5.74, 6) is -0.365. The number of amides is 2. The molecular formula is C37H41BrClN3O7S. The number of sulfonamides is 1. The minimum Gasteiger partial charge on any atom is -0.495 e. The van der Waals surface area contributed by atoms with Gasteiger partial charge in [-0.15, -0.1) is 0 Å². The van der Waals surface area contributed by atoms with Gasteiger partial charge >= 0.3 is 0 Å². The molecule has 0 bridgehead atoms. The monoisotopic (exact) mass is 785 g/mol. The molecule has 0 fully saturated rings.